The Kier molecular flexibility index (Phi) is 4.38. The van der Waals surface area contributed by atoms with Crippen LogP contribution in [0.15, 0.2) is 42.5 Å². The predicted octanol–water partition coefficient (Wildman–Crippen LogP) is 2.03. The lowest BCUT2D eigenvalue weighted by atomic mass is 10.1. The minimum absolute atomic E-state index is 0.156. The van der Waals surface area contributed by atoms with Crippen LogP contribution < -0.4 is 15.4 Å². The number of nitrogens with one attached hydrogen (secondary N) is 2. The summed E-state index contributed by atoms with van der Waals surface area (Å²) in [5.74, 6) is -1.34. The van der Waals surface area contributed by atoms with Gasteiger partial charge in [-0.2, -0.15) is 0 Å². The van der Waals surface area contributed by atoms with Crippen LogP contribution in [-0.2, 0) is 11.3 Å². The first-order valence-electron chi connectivity index (χ1n) is 7.66. The number of carboxylic acids is 1. The minimum Gasteiger partial charge on any atom is -0.478 e. The number of para-hydroxylation sites is 1. The van der Waals surface area contributed by atoms with E-state index in [9.17, 15) is 14.4 Å². The normalized spacial score (nSPS) is 15.6. The Morgan fingerprint density at radius 1 is 1.24 bits per heavy atom. The Bertz CT molecular complexity index is 862. The van der Waals surface area contributed by atoms with Gasteiger partial charge in [-0.3, -0.25) is 9.59 Å². The van der Waals surface area contributed by atoms with E-state index in [-0.39, 0.29) is 23.9 Å². The molecule has 2 aromatic rings. The molecule has 0 bridgehead atoms. The number of benzene rings is 2. The smallest absolute Gasteiger partial charge is 0.335 e. The quantitative estimate of drug-likeness (QED) is 0.790. The van der Waals surface area contributed by atoms with Gasteiger partial charge in [-0.05, 0) is 36.8 Å². The van der Waals surface area contributed by atoms with E-state index in [1.165, 1.54) is 12.1 Å². The first kappa shape index (κ1) is 16.5. The topological polar surface area (TPSA) is 105 Å². The number of carboxylic acid groups (broad SMARTS) is 1. The van der Waals surface area contributed by atoms with Gasteiger partial charge >= 0.3 is 5.97 Å². The third-order valence-corrected chi connectivity index (χ3v) is 3.81. The number of carbonyl (C=O) groups excluding carboxylic acids is 2. The number of hydrogen-bond donors (Lipinski definition) is 3. The summed E-state index contributed by atoms with van der Waals surface area (Å²) in [6.45, 7) is 1.77. The number of aromatic carboxylic acids is 1. The molecule has 0 spiro atoms. The molecule has 1 atom stereocenters. The number of carbonyl (C=O) groups is 3. The third-order valence-electron chi connectivity index (χ3n) is 3.81. The van der Waals surface area contributed by atoms with Crippen molar-refractivity contribution < 1.29 is 24.2 Å². The lowest BCUT2D eigenvalue weighted by Crippen LogP contribution is -2.35. The highest BCUT2D eigenvalue weighted by Crippen LogP contribution is 2.33. The second-order valence-corrected chi connectivity index (χ2v) is 5.62. The van der Waals surface area contributed by atoms with Crippen molar-refractivity contribution in [2.24, 2.45) is 0 Å². The summed E-state index contributed by atoms with van der Waals surface area (Å²) in [5.41, 5.74) is 1.58. The zero-order valence-electron chi connectivity index (χ0n) is 13.4. The fourth-order valence-electron chi connectivity index (χ4n) is 2.50. The SMILES string of the molecule is CC1Oc2c(cccc2C(=O)NCc2cccc(C(=O)O)c2)NC1=O. The number of anilines is 1. The van der Waals surface area contributed by atoms with Crippen molar-refractivity contribution in [2.45, 2.75) is 19.6 Å². The standard InChI is InChI=1S/C18H16N2O5/c1-10-16(21)20-14-7-3-6-13(15(14)25-10)17(22)19-9-11-4-2-5-12(8-11)18(23)24/h2-8,10H,9H2,1H3,(H,19,22)(H,20,21)(H,23,24). The summed E-state index contributed by atoms with van der Waals surface area (Å²) < 4.78 is 5.55. The van der Waals surface area contributed by atoms with Gasteiger partial charge in [-0.15, -0.1) is 0 Å². The minimum atomic E-state index is -1.02. The summed E-state index contributed by atoms with van der Waals surface area (Å²) >= 11 is 0. The van der Waals surface area contributed by atoms with Gasteiger partial charge in [0.1, 0.15) is 0 Å². The zero-order chi connectivity index (χ0) is 18.0. The van der Waals surface area contributed by atoms with Crippen LogP contribution in [0.25, 0.3) is 0 Å². The lowest BCUT2D eigenvalue weighted by Gasteiger charge is -2.25. The van der Waals surface area contributed by atoms with E-state index in [0.29, 0.717) is 22.6 Å². The van der Waals surface area contributed by atoms with Gasteiger partial charge < -0.3 is 20.5 Å². The van der Waals surface area contributed by atoms with Crippen molar-refractivity contribution in [3.05, 3.63) is 59.2 Å². The molecular weight excluding hydrogens is 324 g/mol. The van der Waals surface area contributed by atoms with E-state index < -0.39 is 12.1 Å². The number of rotatable bonds is 4. The van der Waals surface area contributed by atoms with Crippen molar-refractivity contribution in [1.29, 1.82) is 0 Å². The fraction of sp³-hybridized carbons (Fsp3) is 0.167. The number of ether oxygens (including phenoxy) is 1. The molecule has 3 rings (SSSR count). The fourth-order valence-corrected chi connectivity index (χ4v) is 2.50. The molecule has 2 amide bonds. The molecule has 0 aliphatic carbocycles. The monoisotopic (exact) mass is 340 g/mol. The highest BCUT2D eigenvalue weighted by atomic mass is 16.5. The Balaban J connectivity index is 1.77. The highest BCUT2D eigenvalue weighted by molar-refractivity contribution is 6.04. The second-order valence-electron chi connectivity index (χ2n) is 5.62. The molecule has 7 heteroatoms. The maximum atomic E-state index is 12.5. The molecular formula is C18H16N2O5. The van der Waals surface area contributed by atoms with E-state index in [0.717, 1.165) is 0 Å². The molecule has 1 aliphatic rings. The van der Waals surface area contributed by atoms with Gasteiger partial charge in [0, 0.05) is 6.54 Å². The maximum Gasteiger partial charge on any atom is 0.335 e. The van der Waals surface area contributed by atoms with Crippen molar-refractivity contribution in [2.75, 3.05) is 5.32 Å². The first-order valence-corrected chi connectivity index (χ1v) is 7.66. The van der Waals surface area contributed by atoms with Crippen LogP contribution in [0.1, 0.15) is 33.2 Å². The molecule has 1 aliphatic heterocycles. The molecule has 0 fully saturated rings. The van der Waals surface area contributed by atoms with E-state index in [1.807, 2.05) is 0 Å². The highest BCUT2D eigenvalue weighted by Gasteiger charge is 2.27. The summed E-state index contributed by atoms with van der Waals surface area (Å²) in [5, 5.41) is 14.4. The molecule has 128 valence electrons. The van der Waals surface area contributed by atoms with Crippen LogP contribution in [-0.4, -0.2) is 29.0 Å². The predicted molar refractivity (Wildman–Crippen MR) is 89.7 cm³/mol. The van der Waals surface area contributed by atoms with Crippen LogP contribution in [0.5, 0.6) is 5.75 Å². The molecule has 1 heterocycles. The van der Waals surface area contributed by atoms with E-state index >= 15 is 0 Å². The zero-order valence-corrected chi connectivity index (χ0v) is 13.4. The molecule has 0 radical (unpaired) electrons. The van der Waals surface area contributed by atoms with Crippen LogP contribution in [0, 0.1) is 0 Å². The molecule has 3 N–H and O–H groups in total. The van der Waals surface area contributed by atoms with E-state index in [4.69, 9.17) is 9.84 Å². The summed E-state index contributed by atoms with van der Waals surface area (Å²) in [6, 6.07) is 11.2. The van der Waals surface area contributed by atoms with Gasteiger partial charge in [0.15, 0.2) is 11.9 Å². The Morgan fingerprint density at radius 2 is 2.00 bits per heavy atom. The van der Waals surface area contributed by atoms with Crippen molar-refractivity contribution in [3.8, 4) is 5.75 Å². The summed E-state index contributed by atoms with van der Waals surface area (Å²) in [6.07, 6.45) is -0.686. The number of fused-ring (bicyclic) bond motifs is 1. The van der Waals surface area contributed by atoms with E-state index in [1.54, 1.807) is 37.3 Å². The second kappa shape index (κ2) is 6.64. The molecule has 0 aromatic heterocycles. The van der Waals surface area contributed by atoms with Crippen LogP contribution in [0.2, 0.25) is 0 Å². The van der Waals surface area contributed by atoms with Crippen molar-refractivity contribution in [3.63, 3.8) is 0 Å². The average molecular weight is 340 g/mol. The van der Waals surface area contributed by atoms with Gasteiger partial charge in [-0.25, -0.2) is 4.79 Å². The largest absolute Gasteiger partial charge is 0.478 e. The molecule has 2 aromatic carbocycles. The van der Waals surface area contributed by atoms with Gasteiger partial charge in [-0.1, -0.05) is 18.2 Å². The number of amides is 2. The molecule has 0 saturated carbocycles. The average Bonchev–Trinajstić information content (AvgIpc) is 2.60. The first-order chi connectivity index (χ1) is 12.0. The van der Waals surface area contributed by atoms with Crippen LogP contribution in [0.3, 0.4) is 0 Å². The maximum absolute atomic E-state index is 12.5. The summed E-state index contributed by atoms with van der Waals surface area (Å²) in [7, 11) is 0. The molecule has 25 heavy (non-hydrogen) atoms. The van der Waals surface area contributed by atoms with Gasteiger partial charge in [0.05, 0.1) is 16.8 Å². The van der Waals surface area contributed by atoms with Crippen molar-refractivity contribution >= 4 is 23.5 Å². The van der Waals surface area contributed by atoms with Gasteiger partial charge in [0.2, 0.25) is 0 Å². The number of hydrogen-bond acceptors (Lipinski definition) is 4. The van der Waals surface area contributed by atoms with Crippen LogP contribution >= 0.6 is 0 Å². The Labute approximate surface area is 143 Å². The summed E-state index contributed by atoms with van der Waals surface area (Å²) in [4.78, 5) is 35.1. The van der Waals surface area contributed by atoms with E-state index in [2.05, 4.69) is 10.6 Å². The molecule has 1 unspecified atom stereocenters. The van der Waals surface area contributed by atoms with Crippen molar-refractivity contribution in [1.82, 2.24) is 5.32 Å². The Morgan fingerprint density at radius 3 is 2.76 bits per heavy atom. The third kappa shape index (κ3) is 3.45. The van der Waals surface area contributed by atoms with Crippen LogP contribution in [0.4, 0.5) is 5.69 Å². The van der Waals surface area contributed by atoms with Gasteiger partial charge in [0.25, 0.3) is 11.8 Å². The molecule has 7 nitrogen and oxygen atoms in total. The lowest BCUT2D eigenvalue weighted by molar-refractivity contribution is -0.122. The molecule has 0 saturated heterocycles. The Hall–Kier alpha value is -3.35.